The van der Waals surface area contributed by atoms with E-state index in [4.69, 9.17) is 0 Å². The van der Waals surface area contributed by atoms with E-state index in [1.807, 2.05) is 60.7 Å². The molecular formula is C12H10AsO. The van der Waals surface area contributed by atoms with Gasteiger partial charge in [0.1, 0.15) is 0 Å². The standard InChI is InChI=1S/C12H10AsO/c14-13(11-7-3-1-4-8-11)12-9-5-2-6-10-12/h1-10H. The molecule has 0 spiro atoms. The first-order valence-electron chi connectivity index (χ1n) is 4.45. The molecule has 0 unspecified atom stereocenters. The number of hydrogen-bond donors (Lipinski definition) is 0. The van der Waals surface area contributed by atoms with Crippen molar-refractivity contribution in [1.82, 2.24) is 0 Å². The number of benzene rings is 2. The van der Waals surface area contributed by atoms with E-state index >= 15 is 0 Å². The number of hydrogen-bond acceptors (Lipinski definition) is 1. The molecule has 0 saturated carbocycles. The van der Waals surface area contributed by atoms with Crippen LogP contribution in [0.3, 0.4) is 0 Å². The summed E-state index contributed by atoms with van der Waals surface area (Å²) in [6.07, 6.45) is 0. The molecule has 0 amide bonds. The van der Waals surface area contributed by atoms with Gasteiger partial charge in [-0.3, -0.25) is 0 Å². The SMILES string of the molecule is O=[As](c1ccccc1)c1ccccc1. The number of rotatable bonds is 2. The Morgan fingerprint density at radius 2 is 1.00 bits per heavy atom. The zero-order valence-electron chi connectivity index (χ0n) is 7.63. The van der Waals surface area contributed by atoms with Gasteiger partial charge in [-0.05, 0) is 0 Å². The van der Waals surface area contributed by atoms with Crippen LogP contribution in [0, 0.1) is 0 Å². The molecule has 2 rings (SSSR count). The summed E-state index contributed by atoms with van der Waals surface area (Å²) in [5.74, 6) is 0. The van der Waals surface area contributed by atoms with Crippen molar-refractivity contribution in [3.63, 3.8) is 0 Å². The second-order valence-electron chi connectivity index (χ2n) is 2.97. The fourth-order valence-electron chi connectivity index (χ4n) is 1.28. The second-order valence-corrected chi connectivity index (χ2v) is 6.37. The van der Waals surface area contributed by atoms with E-state index in [1.54, 1.807) is 0 Å². The molecule has 0 saturated heterocycles. The predicted octanol–water partition coefficient (Wildman–Crippen LogP) is 1.22. The first kappa shape index (κ1) is 9.36. The van der Waals surface area contributed by atoms with Crippen LogP contribution < -0.4 is 8.70 Å². The van der Waals surface area contributed by atoms with E-state index in [-0.39, 0.29) is 0 Å². The molecule has 0 heterocycles. The molecule has 0 aromatic heterocycles. The van der Waals surface area contributed by atoms with Crippen molar-refractivity contribution in [3.8, 4) is 0 Å². The van der Waals surface area contributed by atoms with Gasteiger partial charge in [-0.25, -0.2) is 0 Å². The minimum atomic E-state index is -2.24. The van der Waals surface area contributed by atoms with Crippen LogP contribution in [0.4, 0.5) is 0 Å². The Labute approximate surface area is 87.9 Å². The van der Waals surface area contributed by atoms with E-state index in [0.29, 0.717) is 0 Å². The molecular weight excluding hydrogens is 235 g/mol. The van der Waals surface area contributed by atoms with Gasteiger partial charge in [0, 0.05) is 0 Å². The van der Waals surface area contributed by atoms with Crippen LogP contribution in [0.1, 0.15) is 0 Å². The van der Waals surface area contributed by atoms with Crippen LogP contribution >= 0.6 is 0 Å². The monoisotopic (exact) mass is 245 g/mol. The third kappa shape index (κ3) is 1.99. The molecule has 0 bridgehead atoms. The van der Waals surface area contributed by atoms with Crippen molar-refractivity contribution in [2.45, 2.75) is 0 Å². The van der Waals surface area contributed by atoms with Crippen molar-refractivity contribution < 1.29 is 3.74 Å². The molecule has 0 aliphatic rings. The minimum absolute atomic E-state index is 0.964. The summed E-state index contributed by atoms with van der Waals surface area (Å²) < 4.78 is 14.0. The Morgan fingerprint density at radius 3 is 1.36 bits per heavy atom. The molecule has 2 aromatic rings. The van der Waals surface area contributed by atoms with Gasteiger partial charge in [-0.2, -0.15) is 0 Å². The van der Waals surface area contributed by atoms with Crippen molar-refractivity contribution in [3.05, 3.63) is 60.7 Å². The molecule has 14 heavy (non-hydrogen) atoms. The summed E-state index contributed by atoms with van der Waals surface area (Å²) in [5.41, 5.74) is 0. The Kier molecular flexibility index (Phi) is 2.90. The van der Waals surface area contributed by atoms with Crippen LogP contribution in [0.15, 0.2) is 60.7 Å². The summed E-state index contributed by atoms with van der Waals surface area (Å²) in [6, 6.07) is 19.3. The predicted molar refractivity (Wildman–Crippen MR) is 58.6 cm³/mol. The van der Waals surface area contributed by atoms with Crippen molar-refractivity contribution in [2.75, 3.05) is 0 Å². The fraction of sp³-hybridized carbons (Fsp3) is 0. The van der Waals surface area contributed by atoms with E-state index in [0.717, 1.165) is 8.70 Å². The maximum absolute atomic E-state index is 12.1. The topological polar surface area (TPSA) is 17.1 Å². The van der Waals surface area contributed by atoms with Crippen molar-refractivity contribution >= 4 is 23.3 Å². The second kappa shape index (κ2) is 4.34. The molecule has 2 heteroatoms. The third-order valence-corrected chi connectivity index (χ3v) is 5.20. The van der Waals surface area contributed by atoms with Crippen molar-refractivity contribution in [2.24, 2.45) is 0 Å². The normalized spacial score (nSPS) is 9.71. The molecule has 0 aliphatic carbocycles. The Bertz CT molecular complexity index is 381. The quantitative estimate of drug-likeness (QED) is 0.727. The van der Waals surface area contributed by atoms with E-state index in [9.17, 15) is 3.74 Å². The molecule has 0 atom stereocenters. The van der Waals surface area contributed by atoms with Gasteiger partial charge in [0.15, 0.2) is 0 Å². The van der Waals surface area contributed by atoms with Crippen LogP contribution in [0.5, 0.6) is 0 Å². The average molecular weight is 245 g/mol. The summed E-state index contributed by atoms with van der Waals surface area (Å²) in [5, 5.41) is 0. The average Bonchev–Trinajstić information content (AvgIpc) is 2.30. The first-order chi connectivity index (χ1) is 6.88. The van der Waals surface area contributed by atoms with Crippen LogP contribution in [0.2, 0.25) is 0 Å². The molecule has 0 aliphatic heterocycles. The molecule has 1 radical (unpaired) electrons. The molecule has 69 valence electrons. The molecule has 0 fully saturated rings. The molecule has 1 nitrogen and oxygen atoms in total. The van der Waals surface area contributed by atoms with E-state index < -0.39 is 14.6 Å². The maximum atomic E-state index is 12.1. The van der Waals surface area contributed by atoms with Gasteiger partial charge in [-0.1, -0.05) is 0 Å². The van der Waals surface area contributed by atoms with Gasteiger partial charge in [0.25, 0.3) is 0 Å². The molecule has 0 N–H and O–H groups in total. The van der Waals surface area contributed by atoms with Crippen LogP contribution in [0.25, 0.3) is 0 Å². The summed E-state index contributed by atoms with van der Waals surface area (Å²) in [7, 11) is 0. The van der Waals surface area contributed by atoms with Gasteiger partial charge in [0.05, 0.1) is 0 Å². The Balaban J connectivity index is 2.35. The summed E-state index contributed by atoms with van der Waals surface area (Å²) in [6.45, 7) is 0. The Morgan fingerprint density at radius 1 is 0.643 bits per heavy atom. The van der Waals surface area contributed by atoms with Gasteiger partial charge >= 0.3 is 87.7 Å². The van der Waals surface area contributed by atoms with Crippen LogP contribution in [-0.2, 0) is 3.74 Å². The Hall–Kier alpha value is -1.20. The van der Waals surface area contributed by atoms with E-state index in [2.05, 4.69) is 0 Å². The summed E-state index contributed by atoms with van der Waals surface area (Å²) >= 11 is -2.24. The molecule has 2 aromatic carbocycles. The van der Waals surface area contributed by atoms with Gasteiger partial charge in [0.2, 0.25) is 0 Å². The van der Waals surface area contributed by atoms with Gasteiger partial charge < -0.3 is 0 Å². The van der Waals surface area contributed by atoms with Gasteiger partial charge in [-0.15, -0.1) is 0 Å². The summed E-state index contributed by atoms with van der Waals surface area (Å²) in [4.78, 5) is 0. The third-order valence-electron chi connectivity index (χ3n) is 1.98. The van der Waals surface area contributed by atoms with Crippen molar-refractivity contribution in [1.29, 1.82) is 0 Å². The zero-order chi connectivity index (χ0) is 9.80. The van der Waals surface area contributed by atoms with Crippen LogP contribution in [-0.4, -0.2) is 14.6 Å². The van der Waals surface area contributed by atoms with E-state index in [1.165, 1.54) is 0 Å². The first-order valence-corrected chi connectivity index (χ1v) is 7.09. The zero-order valence-corrected chi connectivity index (χ0v) is 9.51. The fourth-order valence-corrected chi connectivity index (χ4v) is 3.76.